The molecule has 4 heteroatoms. The lowest BCUT2D eigenvalue weighted by atomic mass is 9.89. The van der Waals surface area contributed by atoms with Gasteiger partial charge in [-0.25, -0.2) is 9.97 Å². The number of nitrogen functional groups attached to an aromatic ring is 1. The molecule has 4 nitrogen and oxygen atoms in total. The van der Waals surface area contributed by atoms with Gasteiger partial charge in [-0.1, -0.05) is 19.3 Å². The Balaban J connectivity index is 2.10. The highest BCUT2D eigenvalue weighted by atomic mass is 15.1. The number of aryl methyl sites for hydroxylation is 1. The summed E-state index contributed by atoms with van der Waals surface area (Å²) in [6, 6.07) is 1.82. The number of hydrogen-bond donors (Lipinski definition) is 1. The molecule has 2 aromatic rings. The largest absolute Gasteiger partial charge is 0.397 e. The highest BCUT2D eigenvalue weighted by Gasteiger charge is 2.21. The molecule has 0 aromatic carbocycles. The second-order valence-electron chi connectivity index (χ2n) is 4.94. The highest BCUT2D eigenvalue weighted by molar-refractivity contribution is 5.84. The third kappa shape index (κ3) is 1.68. The summed E-state index contributed by atoms with van der Waals surface area (Å²) >= 11 is 0. The van der Waals surface area contributed by atoms with Gasteiger partial charge in [0.1, 0.15) is 11.3 Å². The molecule has 0 saturated heterocycles. The van der Waals surface area contributed by atoms with Crippen LogP contribution in [-0.4, -0.2) is 14.5 Å². The standard InChI is InChI=1S/C13H18N4/c1-17-12(9-5-3-2-4-6-9)16-11-10(14)7-8-15-13(11)17/h7-9H,2-6H2,1H3,(H2,14,15). The predicted molar refractivity (Wildman–Crippen MR) is 68.7 cm³/mol. The van der Waals surface area contributed by atoms with E-state index < -0.39 is 0 Å². The number of hydrogen-bond acceptors (Lipinski definition) is 3. The van der Waals surface area contributed by atoms with Crippen LogP contribution < -0.4 is 5.73 Å². The van der Waals surface area contributed by atoms with Crippen molar-refractivity contribution in [1.82, 2.24) is 14.5 Å². The Morgan fingerprint density at radius 3 is 2.76 bits per heavy atom. The van der Waals surface area contributed by atoms with Gasteiger partial charge in [0.25, 0.3) is 0 Å². The van der Waals surface area contributed by atoms with E-state index >= 15 is 0 Å². The zero-order chi connectivity index (χ0) is 11.8. The first-order valence-electron chi connectivity index (χ1n) is 6.34. The molecule has 1 fully saturated rings. The van der Waals surface area contributed by atoms with Gasteiger partial charge in [0, 0.05) is 19.2 Å². The van der Waals surface area contributed by atoms with Gasteiger partial charge in [-0.2, -0.15) is 0 Å². The summed E-state index contributed by atoms with van der Waals surface area (Å²) in [4.78, 5) is 9.09. The number of nitrogens with zero attached hydrogens (tertiary/aromatic N) is 3. The first-order chi connectivity index (χ1) is 8.27. The number of fused-ring (bicyclic) bond motifs is 1. The van der Waals surface area contributed by atoms with E-state index in [9.17, 15) is 0 Å². The molecule has 17 heavy (non-hydrogen) atoms. The Hall–Kier alpha value is -1.58. The van der Waals surface area contributed by atoms with Crippen molar-refractivity contribution in [3.05, 3.63) is 18.1 Å². The Morgan fingerprint density at radius 1 is 1.29 bits per heavy atom. The zero-order valence-corrected chi connectivity index (χ0v) is 10.2. The lowest BCUT2D eigenvalue weighted by molar-refractivity contribution is 0.422. The summed E-state index contributed by atoms with van der Waals surface area (Å²) < 4.78 is 2.11. The van der Waals surface area contributed by atoms with Crippen LogP contribution in [0, 0.1) is 0 Å². The van der Waals surface area contributed by atoms with E-state index in [2.05, 4.69) is 9.55 Å². The van der Waals surface area contributed by atoms with Crippen LogP contribution >= 0.6 is 0 Å². The minimum absolute atomic E-state index is 0.586. The van der Waals surface area contributed by atoms with Crippen LogP contribution in [0.25, 0.3) is 11.2 Å². The molecule has 3 rings (SSSR count). The summed E-state index contributed by atoms with van der Waals surface area (Å²) in [6.45, 7) is 0. The number of imidazole rings is 1. The van der Waals surface area contributed by atoms with E-state index in [0.29, 0.717) is 5.92 Å². The average Bonchev–Trinajstić information content (AvgIpc) is 2.70. The summed E-state index contributed by atoms with van der Waals surface area (Å²) in [5.41, 5.74) is 8.45. The Bertz CT molecular complexity index is 538. The van der Waals surface area contributed by atoms with Crippen molar-refractivity contribution >= 4 is 16.9 Å². The van der Waals surface area contributed by atoms with Gasteiger partial charge in [-0.3, -0.25) is 0 Å². The zero-order valence-electron chi connectivity index (χ0n) is 10.2. The second kappa shape index (κ2) is 4.02. The van der Waals surface area contributed by atoms with Crippen molar-refractivity contribution in [3.63, 3.8) is 0 Å². The summed E-state index contributed by atoms with van der Waals surface area (Å²) in [7, 11) is 2.05. The number of pyridine rings is 1. The van der Waals surface area contributed by atoms with Gasteiger partial charge in [-0.05, 0) is 18.9 Å². The van der Waals surface area contributed by atoms with E-state index in [-0.39, 0.29) is 0 Å². The van der Waals surface area contributed by atoms with Gasteiger partial charge in [0.05, 0.1) is 5.69 Å². The maximum Gasteiger partial charge on any atom is 0.161 e. The van der Waals surface area contributed by atoms with Crippen LogP contribution in [0.15, 0.2) is 12.3 Å². The minimum atomic E-state index is 0.586. The lowest BCUT2D eigenvalue weighted by Gasteiger charge is -2.20. The Morgan fingerprint density at radius 2 is 2.06 bits per heavy atom. The van der Waals surface area contributed by atoms with Crippen molar-refractivity contribution in [2.45, 2.75) is 38.0 Å². The van der Waals surface area contributed by atoms with Gasteiger partial charge in [0.2, 0.25) is 0 Å². The molecule has 2 N–H and O–H groups in total. The molecule has 0 amide bonds. The van der Waals surface area contributed by atoms with Crippen LogP contribution in [0.5, 0.6) is 0 Å². The highest BCUT2D eigenvalue weighted by Crippen LogP contribution is 2.33. The van der Waals surface area contributed by atoms with Gasteiger partial charge >= 0.3 is 0 Å². The number of aromatic nitrogens is 3. The smallest absolute Gasteiger partial charge is 0.161 e. The molecule has 1 aliphatic rings. The first kappa shape index (κ1) is 10.6. The molecule has 0 radical (unpaired) electrons. The van der Waals surface area contributed by atoms with Crippen molar-refractivity contribution in [1.29, 1.82) is 0 Å². The van der Waals surface area contributed by atoms with E-state index in [0.717, 1.165) is 22.7 Å². The van der Waals surface area contributed by atoms with Crippen LogP contribution in [0.2, 0.25) is 0 Å². The molecule has 0 atom stereocenters. The van der Waals surface area contributed by atoms with Crippen LogP contribution in [-0.2, 0) is 7.05 Å². The van der Waals surface area contributed by atoms with E-state index in [1.165, 1.54) is 32.1 Å². The second-order valence-corrected chi connectivity index (χ2v) is 4.94. The number of rotatable bonds is 1. The molecule has 1 saturated carbocycles. The fourth-order valence-corrected chi connectivity index (χ4v) is 2.84. The van der Waals surface area contributed by atoms with Crippen molar-refractivity contribution in [3.8, 4) is 0 Å². The molecule has 0 unspecified atom stereocenters. The average molecular weight is 230 g/mol. The van der Waals surface area contributed by atoms with Crippen molar-refractivity contribution in [2.24, 2.45) is 7.05 Å². The molecule has 2 aromatic heterocycles. The number of anilines is 1. The number of nitrogens with two attached hydrogens (primary N) is 1. The minimum Gasteiger partial charge on any atom is -0.397 e. The van der Waals surface area contributed by atoms with Gasteiger partial charge in [0.15, 0.2) is 5.65 Å². The Kier molecular flexibility index (Phi) is 2.50. The SMILES string of the molecule is Cn1c(C2CCCCC2)nc2c(N)ccnc21. The van der Waals surface area contributed by atoms with Crippen LogP contribution in [0.3, 0.4) is 0 Å². The van der Waals surface area contributed by atoms with Crippen molar-refractivity contribution < 1.29 is 0 Å². The molecule has 0 spiro atoms. The quantitative estimate of drug-likeness (QED) is 0.819. The first-order valence-corrected chi connectivity index (χ1v) is 6.34. The maximum atomic E-state index is 5.95. The molecular formula is C13H18N4. The molecule has 2 heterocycles. The van der Waals surface area contributed by atoms with E-state index in [4.69, 9.17) is 10.7 Å². The van der Waals surface area contributed by atoms with E-state index in [1.54, 1.807) is 6.20 Å². The third-order valence-electron chi connectivity index (χ3n) is 3.79. The Labute approximate surface area is 101 Å². The van der Waals surface area contributed by atoms with Crippen LogP contribution in [0.1, 0.15) is 43.8 Å². The normalized spacial score (nSPS) is 17.7. The van der Waals surface area contributed by atoms with Crippen molar-refractivity contribution in [2.75, 3.05) is 5.73 Å². The molecular weight excluding hydrogens is 212 g/mol. The predicted octanol–water partition coefficient (Wildman–Crippen LogP) is 2.60. The summed E-state index contributed by atoms with van der Waals surface area (Å²) in [6.07, 6.45) is 8.24. The maximum absolute atomic E-state index is 5.95. The topological polar surface area (TPSA) is 56.7 Å². The third-order valence-corrected chi connectivity index (χ3v) is 3.79. The fourth-order valence-electron chi connectivity index (χ4n) is 2.84. The molecule has 0 aliphatic heterocycles. The molecule has 0 bridgehead atoms. The monoisotopic (exact) mass is 230 g/mol. The summed E-state index contributed by atoms with van der Waals surface area (Å²) in [5.74, 6) is 1.74. The van der Waals surface area contributed by atoms with Gasteiger partial charge < -0.3 is 10.3 Å². The fraction of sp³-hybridized carbons (Fsp3) is 0.538. The lowest BCUT2D eigenvalue weighted by Crippen LogP contribution is -2.10. The molecule has 1 aliphatic carbocycles. The summed E-state index contributed by atoms with van der Waals surface area (Å²) in [5, 5.41) is 0. The van der Waals surface area contributed by atoms with Gasteiger partial charge in [-0.15, -0.1) is 0 Å². The van der Waals surface area contributed by atoms with E-state index in [1.807, 2.05) is 13.1 Å². The van der Waals surface area contributed by atoms with Crippen LogP contribution in [0.4, 0.5) is 5.69 Å². The molecule has 90 valence electrons.